The van der Waals surface area contributed by atoms with E-state index < -0.39 is 9.05 Å². The quantitative estimate of drug-likeness (QED) is 0.621. The van der Waals surface area contributed by atoms with Crippen LogP contribution in [0.3, 0.4) is 0 Å². The summed E-state index contributed by atoms with van der Waals surface area (Å²) in [5.41, 5.74) is 0. The molecule has 5 heteroatoms. The molecule has 0 saturated carbocycles. The molecule has 0 aromatic carbocycles. The summed E-state index contributed by atoms with van der Waals surface area (Å²) in [5, 5.41) is 0. The highest BCUT2D eigenvalue weighted by Crippen LogP contribution is 2.01. The molecule has 0 spiro atoms. The zero-order valence-corrected chi connectivity index (χ0v) is 9.86. The molecule has 0 unspecified atom stereocenters. The van der Waals surface area contributed by atoms with Gasteiger partial charge < -0.3 is 4.90 Å². The molecule has 13 heavy (non-hydrogen) atoms. The van der Waals surface area contributed by atoms with E-state index in [0.29, 0.717) is 6.42 Å². The average molecular weight is 228 g/mol. The predicted molar refractivity (Wildman–Crippen MR) is 56.7 cm³/mol. The fourth-order valence-corrected chi connectivity index (χ4v) is 2.01. The molecule has 0 aromatic heterocycles. The van der Waals surface area contributed by atoms with Crippen LogP contribution in [-0.4, -0.2) is 38.7 Å². The van der Waals surface area contributed by atoms with E-state index in [1.54, 1.807) is 0 Å². The minimum Gasteiger partial charge on any atom is -0.304 e. The Morgan fingerprint density at radius 2 is 1.85 bits per heavy atom. The summed E-state index contributed by atoms with van der Waals surface area (Å²) in [5.74, 6) is 0.0781. The SMILES string of the molecule is CCCN(CC)CCCS(=O)(=O)Cl. The van der Waals surface area contributed by atoms with Crippen LogP contribution in [0.4, 0.5) is 0 Å². The second kappa shape index (κ2) is 6.62. The zero-order chi connectivity index (χ0) is 10.3. The van der Waals surface area contributed by atoms with Crippen molar-refractivity contribution in [3.63, 3.8) is 0 Å². The van der Waals surface area contributed by atoms with Gasteiger partial charge in [0.2, 0.25) is 9.05 Å². The molecule has 0 saturated heterocycles. The third-order valence-corrected chi connectivity index (χ3v) is 3.09. The van der Waals surface area contributed by atoms with Crippen molar-refractivity contribution in [2.24, 2.45) is 0 Å². The maximum Gasteiger partial charge on any atom is 0.232 e. The first-order valence-electron chi connectivity index (χ1n) is 4.64. The van der Waals surface area contributed by atoms with E-state index in [1.807, 2.05) is 0 Å². The van der Waals surface area contributed by atoms with Crippen molar-refractivity contribution in [1.29, 1.82) is 0 Å². The molecule has 0 aliphatic carbocycles. The summed E-state index contributed by atoms with van der Waals surface area (Å²) in [6, 6.07) is 0. The molecule has 0 rings (SSSR count). The van der Waals surface area contributed by atoms with Crippen molar-refractivity contribution < 1.29 is 8.42 Å². The van der Waals surface area contributed by atoms with Gasteiger partial charge >= 0.3 is 0 Å². The lowest BCUT2D eigenvalue weighted by Gasteiger charge is -2.18. The minimum atomic E-state index is -3.30. The molecule has 0 aliphatic rings. The van der Waals surface area contributed by atoms with Crippen LogP contribution >= 0.6 is 10.7 Å². The van der Waals surface area contributed by atoms with Gasteiger partial charge in [0, 0.05) is 10.7 Å². The fraction of sp³-hybridized carbons (Fsp3) is 1.00. The monoisotopic (exact) mass is 227 g/mol. The van der Waals surface area contributed by atoms with Crippen LogP contribution < -0.4 is 0 Å². The lowest BCUT2D eigenvalue weighted by Crippen LogP contribution is -2.26. The highest BCUT2D eigenvalue weighted by atomic mass is 35.7. The Morgan fingerprint density at radius 3 is 2.23 bits per heavy atom. The molecule has 0 aliphatic heterocycles. The highest BCUT2D eigenvalue weighted by molar-refractivity contribution is 8.13. The summed E-state index contributed by atoms with van der Waals surface area (Å²) in [7, 11) is 1.79. The first-order chi connectivity index (χ1) is 5.99. The Hall–Kier alpha value is 0.200. The number of hydrogen-bond acceptors (Lipinski definition) is 3. The first kappa shape index (κ1) is 13.2. The molecule has 0 bridgehead atoms. The molecule has 0 amide bonds. The number of hydrogen-bond donors (Lipinski definition) is 0. The van der Waals surface area contributed by atoms with Crippen LogP contribution in [0.5, 0.6) is 0 Å². The molecule has 0 N–H and O–H groups in total. The van der Waals surface area contributed by atoms with Crippen molar-refractivity contribution in [3.8, 4) is 0 Å². The van der Waals surface area contributed by atoms with E-state index in [1.165, 1.54) is 0 Å². The van der Waals surface area contributed by atoms with Gasteiger partial charge in [-0.3, -0.25) is 0 Å². The summed E-state index contributed by atoms with van der Waals surface area (Å²) in [6.07, 6.45) is 1.72. The molecule has 0 radical (unpaired) electrons. The van der Waals surface area contributed by atoms with Crippen molar-refractivity contribution in [2.45, 2.75) is 26.7 Å². The van der Waals surface area contributed by atoms with Crippen LogP contribution in [0.15, 0.2) is 0 Å². The first-order valence-corrected chi connectivity index (χ1v) is 7.12. The Kier molecular flexibility index (Phi) is 6.73. The van der Waals surface area contributed by atoms with Gasteiger partial charge in [-0.1, -0.05) is 13.8 Å². The lowest BCUT2D eigenvalue weighted by atomic mass is 10.3. The van der Waals surface area contributed by atoms with Crippen molar-refractivity contribution >= 4 is 19.7 Å². The topological polar surface area (TPSA) is 37.4 Å². The van der Waals surface area contributed by atoms with E-state index in [2.05, 4.69) is 18.7 Å². The summed E-state index contributed by atoms with van der Waals surface area (Å²) < 4.78 is 21.2. The Bertz CT molecular complexity index is 216. The highest BCUT2D eigenvalue weighted by Gasteiger charge is 2.06. The molecular formula is C8H18ClNO2S. The Balaban J connectivity index is 3.61. The van der Waals surface area contributed by atoms with Crippen molar-refractivity contribution in [1.82, 2.24) is 4.90 Å². The van der Waals surface area contributed by atoms with Gasteiger partial charge in [-0.25, -0.2) is 8.42 Å². The fourth-order valence-electron chi connectivity index (χ4n) is 1.20. The van der Waals surface area contributed by atoms with E-state index in [-0.39, 0.29) is 5.75 Å². The Morgan fingerprint density at radius 1 is 1.23 bits per heavy atom. The largest absolute Gasteiger partial charge is 0.304 e. The van der Waals surface area contributed by atoms with Gasteiger partial charge in [0.05, 0.1) is 5.75 Å². The molecular weight excluding hydrogens is 210 g/mol. The standard InChI is InChI=1S/C8H18ClNO2S/c1-3-6-10(4-2)7-5-8-13(9,11)12/h3-8H2,1-2H3. The predicted octanol–water partition coefficient (Wildman–Crippen LogP) is 1.68. The number of nitrogens with zero attached hydrogens (tertiary/aromatic N) is 1. The minimum absolute atomic E-state index is 0.0781. The van der Waals surface area contributed by atoms with E-state index in [4.69, 9.17) is 10.7 Å². The van der Waals surface area contributed by atoms with Crippen LogP contribution in [-0.2, 0) is 9.05 Å². The van der Waals surface area contributed by atoms with E-state index in [0.717, 1.165) is 26.1 Å². The molecule has 0 atom stereocenters. The van der Waals surface area contributed by atoms with Crippen LogP contribution in [0, 0.1) is 0 Å². The average Bonchev–Trinajstić information content (AvgIpc) is 2.01. The van der Waals surface area contributed by atoms with Gasteiger partial charge in [0.15, 0.2) is 0 Å². The second-order valence-electron chi connectivity index (χ2n) is 3.03. The van der Waals surface area contributed by atoms with Gasteiger partial charge in [0.25, 0.3) is 0 Å². The molecule has 3 nitrogen and oxygen atoms in total. The molecule has 0 aromatic rings. The van der Waals surface area contributed by atoms with E-state index >= 15 is 0 Å². The van der Waals surface area contributed by atoms with Crippen LogP contribution in [0.2, 0.25) is 0 Å². The van der Waals surface area contributed by atoms with Crippen LogP contribution in [0.1, 0.15) is 26.7 Å². The van der Waals surface area contributed by atoms with Gasteiger partial charge in [0.1, 0.15) is 0 Å². The summed E-state index contributed by atoms with van der Waals surface area (Å²) in [6.45, 7) is 7.00. The normalized spacial score (nSPS) is 12.3. The summed E-state index contributed by atoms with van der Waals surface area (Å²) in [4.78, 5) is 2.22. The lowest BCUT2D eigenvalue weighted by molar-refractivity contribution is 0.290. The third-order valence-electron chi connectivity index (χ3n) is 1.85. The molecule has 80 valence electrons. The summed E-state index contributed by atoms with van der Waals surface area (Å²) >= 11 is 0. The second-order valence-corrected chi connectivity index (χ2v) is 5.93. The van der Waals surface area contributed by atoms with E-state index in [9.17, 15) is 8.42 Å². The van der Waals surface area contributed by atoms with Crippen LogP contribution in [0.25, 0.3) is 0 Å². The Labute approximate surface area is 85.5 Å². The molecule has 0 heterocycles. The number of rotatable bonds is 7. The molecule has 0 fully saturated rings. The van der Waals surface area contributed by atoms with Crippen molar-refractivity contribution in [2.75, 3.05) is 25.4 Å². The van der Waals surface area contributed by atoms with Gasteiger partial charge in [-0.2, -0.15) is 0 Å². The number of halogens is 1. The van der Waals surface area contributed by atoms with Gasteiger partial charge in [-0.05, 0) is 32.5 Å². The zero-order valence-electron chi connectivity index (χ0n) is 8.29. The van der Waals surface area contributed by atoms with Gasteiger partial charge in [-0.15, -0.1) is 0 Å². The smallest absolute Gasteiger partial charge is 0.232 e. The maximum atomic E-state index is 10.6. The van der Waals surface area contributed by atoms with Crippen molar-refractivity contribution in [3.05, 3.63) is 0 Å². The maximum absolute atomic E-state index is 10.6. The third kappa shape index (κ3) is 8.53.